The molecule has 7 nitrogen and oxygen atoms in total. The molecule has 0 spiro atoms. The molecule has 0 bridgehead atoms. The third-order valence-corrected chi connectivity index (χ3v) is 4.80. The van der Waals surface area contributed by atoms with Crippen molar-refractivity contribution in [3.8, 4) is 0 Å². The van der Waals surface area contributed by atoms with E-state index in [1.807, 2.05) is 0 Å². The minimum Gasteiger partial charge on any atom is -0.309 e. The van der Waals surface area contributed by atoms with Crippen LogP contribution in [0.25, 0.3) is 0 Å². The molecule has 1 N–H and O–H groups in total. The van der Waals surface area contributed by atoms with Crippen LogP contribution in [0.5, 0.6) is 0 Å². The molecule has 0 radical (unpaired) electrons. The van der Waals surface area contributed by atoms with Crippen LogP contribution >= 0.6 is 0 Å². The van der Waals surface area contributed by atoms with Gasteiger partial charge in [-0.3, -0.25) is 10.1 Å². The van der Waals surface area contributed by atoms with Gasteiger partial charge in [-0.05, 0) is 6.92 Å². The molecule has 0 aromatic heterocycles. The third-order valence-electron chi connectivity index (χ3n) is 2.97. The number of rotatable bonds is 7. The molecule has 112 valence electrons. The molecular formula is C12H19N3O4S. The van der Waals surface area contributed by atoms with Crippen molar-refractivity contribution < 1.29 is 13.3 Å². The van der Waals surface area contributed by atoms with Gasteiger partial charge in [0.05, 0.1) is 10.7 Å². The van der Waals surface area contributed by atoms with Gasteiger partial charge in [-0.2, -0.15) is 0 Å². The van der Waals surface area contributed by atoms with Crippen molar-refractivity contribution in [2.24, 2.45) is 0 Å². The van der Waals surface area contributed by atoms with Gasteiger partial charge in [-0.25, -0.2) is 12.7 Å². The maximum Gasteiger partial charge on any atom is 0.274 e. The zero-order chi connectivity index (χ0) is 15.3. The summed E-state index contributed by atoms with van der Waals surface area (Å²) < 4.78 is 24.4. The van der Waals surface area contributed by atoms with E-state index in [2.05, 4.69) is 5.32 Å². The van der Waals surface area contributed by atoms with Crippen molar-refractivity contribution in [2.75, 3.05) is 26.4 Å². The summed E-state index contributed by atoms with van der Waals surface area (Å²) in [7, 11) is -0.320. The average molecular weight is 301 g/mol. The monoisotopic (exact) mass is 301 g/mol. The fourth-order valence-electron chi connectivity index (χ4n) is 1.72. The van der Waals surface area contributed by atoms with Crippen molar-refractivity contribution in [2.45, 2.75) is 13.0 Å². The number of sulfonamides is 1. The second kappa shape index (κ2) is 6.78. The molecule has 0 fully saturated rings. The minimum atomic E-state index is -3.27. The summed E-state index contributed by atoms with van der Waals surface area (Å²) in [5, 5.41) is 13.9. The van der Waals surface area contributed by atoms with E-state index >= 15 is 0 Å². The number of nitro benzene ring substituents is 1. The predicted octanol–water partition coefficient (Wildman–Crippen LogP) is 1.14. The molecule has 0 heterocycles. The molecule has 0 aliphatic carbocycles. The SMILES string of the molecule is CC(NCCS(=O)(=O)N(C)C)c1ccccc1[N+](=O)[O-]. The van der Waals surface area contributed by atoms with E-state index in [0.717, 1.165) is 4.31 Å². The Balaban J connectivity index is 2.69. The van der Waals surface area contributed by atoms with Gasteiger partial charge in [0.1, 0.15) is 0 Å². The summed E-state index contributed by atoms with van der Waals surface area (Å²) in [6.45, 7) is 2.00. The van der Waals surface area contributed by atoms with Gasteiger partial charge >= 0.3 is 0 Å². The van der Waals surface area contributed by atoms with Gasteiger partial charge in [0.15, 0.2) is 0 Å². The first-order valence-electron chi connectivity index (χ1n) is 6.12. The summed E-state index contributed by atoms with van der Waals surface area (Å²) in [6.07, 6.45) is 0. The maximum atomic E-state index is 11.6. The van der Waals surface area contributed by atoms with Crippen LogP contribution in [-0.2, 0) is 10.0 Å². The highest BCUT2D eigenvalue weighted by atomic mass is 32.2. The van der Waals surface area contributed by atoms with E-state index < -0.39 is 14.9 Å². The minimum absolute atomic E-state index is 0.0305. The van der Waals surface area contributed by atoms with E-state index in [1.165, 1.54) is 20.2 Å². The maximum absolute atomic E-state index is 11.6. The fraction of sp³-hybridized carbons (Fsp3) is 0.500. The van der Waals surface area contributed by atoms with Crippen molar-refractivity contribution in [3.05, 3.63) is 39.9 Å². The second-order valence-electron chi connectivity index (χ2n) is 4.59. The van der Waals surface area contributed by atoms with Crippen LogP contribution in [0.1, 0.15) is 18.5 Å². The van der Waals surface area contributed by atoms with Gasteiger partial charge in [0, 0.05) is 38.3 Å². The zero-order valence-electron chi connectivity index (χ0n) is 11.7. The van der Waals surface area contributed by atoms with Crippen molar-refractivity contribution in [1.29, 1.82) is 0 Å². The van der Waals surface area contributed by atoms with Gasteiger partial charge < -0.3 is 5.32 Å². The fourth-order valence-corrected chi connectivity index (χ4v) is 2.46. The van der Waals surface area contributed by atoms with Crippen molar-refractivity contribution >= 4 is 15.7 Å². The first kappa shape index (κ1) is 16.5. The molecule has 0 amide bonds. The van der Waals surface area contributed by atoms with Crippen LogP contribution in [0.2, 0.25) is 0 Å². The summed E-state index contributed by atoms with van der Waals surface area (Å²) in [4.78, 5) is 10.5. The summed E-state index contributed by atoms with van der Waals surface area (Å²) >= 11 is 0. The summed E-state index contributed by atoms with van der Waals surface area (Å²) in [5.41, 5.74) is 0.572. The van der Waals surface area contributed by atoms with Crippen LogP contribution in [0.15, 0.2) is 24.3 Å². The number of benzene rings is 1. The number of hydrogen-bond acceptors (Lipinski definition) is 5. The van der Waals surface area contributed by atoms with E-state index in [0.29, 0.717) is 5.56 Å². The van der Waals surface area contributed by atoms with Crippen LogP contribution in [-0.4, -0.2) is 44.0 Å². The van der Waals surface area contributed by atoms with Gasteiger partial charge in [0.25, 0.3) is 5.69 Å². The standard InChI is InChI=1S/C12H19N3O4S/c1-10(13-8-9-20(18,19)14(2)3)11-6-4-5-7-12(11)15(16)17/h4-7,10,13H,8-9H2,1-3H3. The first-order chi connectivity index (χ1) is 9.25. The highest BCUT2D eigenvalue weighted by Crippen LogP contribution is 2.24. The lowest BCUT2D eigenvalue weighted by atomic mass is 10.1. The molecule has 1 atom stereocenters. The Bertz CT molecular complexity index is 572. The average Bonchev–Trinajstić information content (AvgIpc) is 2.38. The van der Waals surface area contributed by atoms with Gasteiger partial charge in [-0.15, -0.1) is 0 Å². The molecule has 1 rings (SSSR count). The molecule has 8 heteroatoms. The molecule has 1 aromatic carbocycles. The molecule has 0 saturated carbocycles. The summed E-state index contributed by atoms with van der Waals surface area (Å²) in [5.74, 6) is -0.0506. The van der Waals surface area contributed by atoms with Crippen LogP contribution in [0.4, 0.5) is 5.69 Å². The van der Waals surface area contributed by atoms with Gasteiger partial charge in [-0.1, -0.05) is 18.2 Å². The number of para-hydroxylation sites is 1. The third kappa shape index (κ3) is 4.26. The Morgan fingerprint density at radius 1 is 1.35 bits per heavy atom. The molecule has 20 heavy (non-hydrogen) atoms. The number of hydrogen-bond donors (Lipinski definition) is 1. The molecule has 1 unspecified atom stereocenters. The van der Waals surface area contributed by atoms with E-state index in [1.54, 1.807) is 25.1 Å². The van der Waals surface area contributed by atoms with Crippen molar-refractivity contribution in [1.82, 2.24) is 9.62 Å². The number of nitrogens with zero attached hydrogens (tertiary/aromatic N) is 2. The Hall–Kier alpha value is -1.51. The molecule has 0 saturated heterocycles. The first-order valence-corrected chi connectivity index (χ1v) is 7.73. The Kier molecular flexibility index (Phi) is 5.61. The predicted molar refractivity (Wildman–Crippen MR) is 77.0 cm³/mol. The quantitative estimate of drug-likeness (QED) is 0.602. The van der Waals surface area contributed by atoms with E-state index in [4.69, 9.17) is 0 Å². The van der Waals surface area contributed by atoms with Crippen LogP contribution in [0.3, 0.4) is 0 Å². The zero-order valence-corrected chi connectivity index (χ0v) is 12.6. The molecule has 0 aliphatic rings. The highest BCUT2D eigenvalue weighted by molar-refractivity contribution is 7.89. The van der Waals surface area contributed by atoms with Crippen LogP contribution < -0.4 is 5.32 Å². The van der Waals surface area contributed by atoms with Gasteiger partial charge in [0.2, 0.25) is 10.0 Å². The lowest BCUT2D eigenvalue weighted by Crippen LogP contribution is -2.32. The lowest BCUT2D eigenvalue weighted by Gasteiger charge is -2.16. The second-order valence-corrected chi connectivity index (χ2v) is 6.89. The lowest BCUT2D eigenvalue weighted by molar-refractivity contribution is -0.385. The highest BCUT2D eigenvalue weighted by Gasteiger charge is 2.19. The Labute approximate surface area is 118 Å². The number of nitro groups is 1. The topological polar surface area (TPSA) is 92.6 Å². The molecule has 0 aliphatic heterocycles. The largest absolute Gasteiger partial charge is 0.309 e. The number of nitrogens with one attached hydrogen (secondary N) is 1. The van der Waals surface area contributed by atoms with E-state index in [-0.39, 0.29) is 24.0 Å². The van der Waals surface area contributed by atoms with E-state index in [9.17, 15) is 18.5 Å². The Morgan fingerprint density at radius 2 is 1.95 bits per heavy atom. The van der Waals surface area contributed by atoms with Crippen LogP contribution in [0, 0.1) is 10.1 Å². The summed E-state index contributed by atoms with van der Waals surface area (Å²) in [6, 6.07) is 6.12. The molecular weight excluding hydrogens is 282 g/mol. The smallest absolute Gasteiger partial charge is 0.274 e. The Morgan fingerprint density at radius 3 is 2.50 bits per heavy atom. The molecule has 1 aromatic rings. The normalized spacial score (nSPS) is 13.4. The van der Waals surface area contributed by atoms with Crippen molar-refractivity contribution in [3.63, 3.8) is 0 Å².